The van der Waals surface area contributed by atoms with Gasteiger partial charge in [0, 0.05) is 25.5 Å². The number of guanidine groups is 1. The number of nitrogens with zero attached hydrogens (tertiary/aromatic N) is 4. The number of hydrogen-bond acceptors (Lipinski definition) is 3. The SMILES string of the molecule is CCNC(=NCc1ccccc1Cn1cccn1)NCC(c1cccc(F)c1)N(C)C.I. The molecular formula is C24H32FIN6. The maximum Gasteiger partial charge on any atom is 0.191 e. The molecule has 32 heavy (non-hydrogen) atoms. The van der Waals surface area contributed by atoms with Gasteiger partial charge in [0.15, 0.2) is 5.96 Å². The van der Waals surface area contributed by atoms with Crippen LogP contribution in [0.5, 0.6) is 0 Å². The van der Waals surface area contributed by atoms with Crippen LogP contribution in [0, 0.1) is 5.82 Å². The zero-order valence-corrected chi connectivity index (χ0v) is 21.2. The van der Waals surface area contributed by atoms with Gasteiger partial charge in [0.25, 0.3) is 0 Å². The number of aliphatic imine (C=N–C) groups is 1. The number of nitrogens with one attached hydrogen (secondary N) is 2. The molecule has 0 aliphatic carbocycles. The molecule has 0 bridgehead atoms. The molecule has 3 aromatic rings. The molecule has 0 fully saturated rings. The molecule has 1 atom stereocenters. The number of hydrogen-bond donors (Lipinski definition) is 2. The second kappa shape index (κ2) is 13.2. The molecular weight excluding hydrogens is 518 g/mol. The van der Waals surface area contributed by atoms with Crippen LogP contribution in [-0.4, -0.2) is 47.8 Å². The van der Waals surface area contributed by atoms with E-state index in [9.17, 15) is 4.39 Å². The smallest absolute Gasteiger partial charge is 0.191 e. The molecule has 1 unspecified atom stereocenters. The lowest BCUT2D eigenvalue weighted by Crippen LogP contribution is -2.41. The topological polar surface area (TPSA) is 57.5 Å². The summed E-state index contributed by atoms with van der Waals surface area (Å²) in [6.07, 6.45) is 3.74. The Bertz CT molecular complexity index is 974. The molecule has 0 radical (unpaired) electrons. The van der Waals surface area contributed by atoms with Crippen LogP contribution in [0.3, 0.4) is 0 Å². The Labute approximate surface area is 207 Å². The Morgan fingerprint density at radius 1 is 1.09 bits per heavy atom. The summed E-state index contributed by atoms with van der Waals surface area (Å²) in [4.78, 5) is 6.86. The molecule has 1 aromatic heterocycles. The predicted molar refractivity (Wildman–Crippen MR) is 139 cm³/mol. The first-order valence-corrected chi connectivity index (χ1v) is 10.5. The molecule has 0 saturated heterocycles. The Hall–Kier alpha value is -2.46. The lowest BCUT2D eigenvalue weighted by molar-refractivity contribution is 0.297. The van der Waals surface area contributed by atoms with Crippen LogP contribution in [0.15, 0.2) is 72.0 Å². The van der Waals surface area contributed by atoms with Gasteiger partial charge in [-0.25, -0.2) is 9.38 Å². The molecule has 1 heterocycles. The van der Waals surface area contributed by atoms with Crippen molar-refractivity contribution in [2.24, 2.45) is 4.99 Å². The van der Waals surface area contributed by atoms with E-state index in [1.165, 1.54) is 11.6 Å². The van der Waals surface area contributed by atoms with E-state index in [0.717, 1.165) is 23.6 Å². The Balaban J connectivity index is 0.00000363. The van der Waals surface area contributed by atoms with Crippen LogP contribution >= 0.6 is 24.0 Å². The molecule has 0 saturated carbocycles. The Morgan fingerprint density at radius 3 is 2.53 bits per heavy atom. The van der Waals surface area contributed by atoms with E-state index >= 15 is 0 Å². The maximum absolute atomic E-state index is 13.7. The molecule has 8 heteroatoms. The molecule has 3 rings (SSSR count). The molecule has 2 aromatic carbocycles. The van der Waals surface area contributed by atoms with Gasteiger partial charge in [-0.2, -0.15) is 5.10 Å². The fourth-order valence-electron chi connectivity index (χ4n) is 3.45. The average Bonchev–Trinajstić information content (AvgIpc) is 3.26. The van der Waals surface area contributed by atoms with Gasteiger partial charge in [-0.1, -0.05) is 36.4 Å². The summed E-state index contributed by atoms with van der Waals surface area (Å²) >= 11 is 0. The molecule has 0 amide bonds. The van der Waals surface area contributed by atoms with Crippen LogP contribution in [0.4, 0.5) is 4.39 Å². The monoisotopic (exact) mass is 550 g/mol. The van der Waals surface area contributed by atoms with Crippen molar-refractivity contribution in [3.63, 3.8) is 0 Å². The number of likely N-dealkylation sites (N-methyl/N-ethyl adjacent to an activating group) is 1. The van der Waals surface area contributed by atoms with E-state index in [4.69, 9.17) is 4.99 Å². The van der Waals surface area contributed by atoms with Gasteiger partial charge in [0.05, 0.1) is 19.1 Å². The van der Waals surface area contributed by atoms with Crippen LogP contribution in [0.25, 0.3) is 0 Å². The number of aromatic nitrogens is 2. The zero-order valence-electron chi connectivity index (χ0n) is 18.8. The summed E-state index contributed by atoms with van der Waals surface area (Å²) in [6, 6.07) is 17.0. The predicted octanol–water partition coefficient (Wildman–Crippen LogP) is 4.05. The van der Waals surface area contributed by atoms with Gasteiger partial charge in [-0.3, -0.25) is 4.68 Å². The normalized spacial score (nSPS) is 12.3. The second-order valence-corrected chi connectivity index (χ2v) is 7.58. The van der Waals surface area contributed by atoms with E-state index in [1.807, 2.05) is 56.2 Å². The highest BCUT2D eigenvalue weighted by atomic mass is 127. The summed E-state index contributed by atoms with van der Waals surface area (Å²) in [5, 5.41) is 11.0. The Kier molecular flexibility index (Phi) is 10.6. The van der Waals surface area contributed by atoms with Crippen LogP contribution in [0.1, 0.15) is 29.7 Å². The molecule has 6 nitrogen and oxygen atoms in total. The number of rotatable bonds is 9. The molecule has 0 aliphatic heterocycles. The van der Waals surface area contributed by atoms with Gasteiger partial charge < -0.3 is 15.5 Å². The number of benzene rings is 2. The number of halogens is 2. The van der Waals surface area contributed by atoms with Crippen LogP contribution in [0.2, 0.25) is 0 Å². The third-order valence-electron chi connectivity index (χ3n) is 5.08. The fourth-order valence-corrected chi connectivity index (χ4v) is 3.45. The average molecular weight is 550 g/mol. The van der Waals surface area contributed by atoms with Crippen molar-refractivity contribution in [1.82, 2.24) is 25.3 Å². The van der Waals surface area contributed by atoms with Crippen LogP contribution < -0.4 is 10.6 Å². The van der Waals surface area contributed by atoms with Crippen molar-refractivity contribution < 1.29 is 4.39 Å². The maximum atomic E-state index is 13.7. The lowest BCUT2D eigenvalue weighted by atomic mass is 10.1. The minimum Gasteiger partial charge on any atom is -0.357 e. The highest BCUT2D eigenvalue weighted by Gasteiger charge is 2.15. The van der Waals surface area contributed by atoms with E-state index in [-0.39, 0.29) is 35.8 Å². The standard InChI is InChI=1S/C24H31FN6.HI/c1-4-26-24(28-17-23(30(2)3)19-11-7-12-22(25)15-19)27-16-20-9-5-6-10-21(20)18-31-14-8-13-29-31;/h5-15,23H,4,16-18H2,1-3H3,(H2,26,27,28);1H. The first kappa shape index (κ1) is 25.8. The van der Waals surface area contributed by atoms with Crippen molar-refractivity contribution >= 4 is 29.9 Å². The summed E-state index contributed by atoms with van der Waals surface area (Å²) < 4.78 is 15.6. The summed E-state index contributed by atoms with van der Waals surface area (Å²) in [7, 11) is 3.99. The van der Waals surface area contributed by atoms with Crippen molar-refractivity contribution in [3.8, 4) is 0 Å². The van der Waals surface area contributed by atoms with Gasteiger partial charge in [0.2, 0.25) is 0 Å². The van der Waals surface area contributed by atoms with E-state index < -0.39 is 0 Å². The molecule has 2 N–H and O–H groups in total. The van der Waals surface area contributed by atoms with Crippen molar-refractivity contribution in [1.29, 1.82) is 0 Å². The fraction of sp³-hybridized carbons (Fsp3) is 0.333. The third-order valence-corrected chi connectivity index (χ3v) is 5.08. The van der Waals surface area contributed by atoms with Crippen molar-refractivity contribution in [2.45, 2.75) is 26.1 Å². The lowest BCUT2D eigenvalue weighted by Gasteiger charge is -2.26. The highest BCUT2D eigenvalue weighted by molar-refractivity contribution is 14.0. The minimum absolute atomic E-state index is 0. The summed E-state index contributed by atoms with van der Waals surface area (Å²) in [5.41, 5.74) is 3.28. The van der Waals surface area contributed by atoms with E-state index in [0.29, 0.717) is 19.6 Å². The van der Waals surface area contributed by atoms with E-state index in [1.54, 1.807) is 18.3 Å². The molecule has 172 valence electrons. The summed E-state index contributed by atoms with van der Waals surface area (Å²) in [5.74, 6) is 0.512. The Morgan fingerprint density at radius 2 is 1.88 bits per heavy atom. The highest BCUT2D eigenvalue weighted by Crippen LogP contribution is 2.18. The van der Waals surface area contributed by atoms with Crippen LogP contribution in [-0.2, 0) is 13.1 Å². The van der Waals surface area contributed by atoms with E-state index in [2.05, 4.69) is 32.8 Å². The van der Waals surface area contributed by atoms with Gasteiger partial charge >= 0.3 is 0 Å². The largest absolute Gasteiger partial charge is 0.357 e. The first-order valence-electron chi connectivity index (χ1n) is 10.5. The first-order chi connectivity index (χ1) is 15.1. The molecule has 0 spiro atoms. The zero-order chi connectivity index (χ0) is 22.1. The van der Waals surface area contributed by atoms with Crippen molar-refractivity contribution in [3.05, 3.63) is 89.5 Å². The molecule has 0 aliphatic rings. The summed E-state index contributed by atoms with van der Waals surface area (Å²) in [6.45, 7) is 4.67. The van der Waals surface area contributed by atoms with Crippen molar-refractivity contribution in [2.75, 3.05) is 27.2 Å². The quantitative estimate of drug-likeness (QED) is 0.240. The third kappa shape index (κ3) is 7.59. The second-order valence-electron chi connectivity index (χ2n) is 7.58. The van der Waals surface area contributed by atoms with Gasteiger partial charge in [0.1, 0.15) is 5.82 Å². The minimum atomic E-state index is -0.223. The van der Waals surface area contributed by atoms with Gasteiger partial charge in [-0.05, 0) is 55.9 Å². The van der Waals surface area contributed by atoms with Gasteiger partial charge in [-0.15, -0.1) is 24.0 Å².